The Labute approximate surface area is 145 Å². The summed E-state index contributed by atoms with van der Waals surface area (Å²) in [5.74, 6) is 0.919. The Morgan fingerprint density at radius 3 is 2.20 bits per heavy atom. The second-order valence-electron chi connectivity index (χ2n) is 4.28. The first-order valence-corrected chi connectivity index (χ1v) is 6.51. The fourth-order valence-corrected chi connectivity index (χ4v) is 2.33. The third-order valence-electron chi connectivity index (χ3n) is 2.96. The minimum Gasteiger partial charge on any atom is -0.272 e. The van der Waals surface area contributed by atoms with Gasteiger partial charge in [0.25, 0.3) is 0 Å². The summed E-state index contributed by atoms with van der Waals surface area (Å²) in [4.78, 5) is 0. The van der Waals surface area contributed by atoms with Crippen LogP contribution >= 0.6 is 12.2 Å². The quantitative estimate of drug-likeness (QED) is 0.564. The Balaban J connectivity index is 0.00000147. The fraction of sp³-hybridized carbons (Fsp3) is 0.0667. The van der Waals surface area contributed by atoms with E-state index in [1.165, 1.54) is 5.56 Å². The zero-order chi connectivity index (χ0) is 13.1. The van der Waals surface area contributed by atoms with E-state index in [4.69, 9.17) is 12.2 Å². The van der Waals surface area contributed by atoms with Gasteiger partial charge >= 0.3 is 29.6 Å². The first-order valence-electron chi connectivity index (χ1n) is 6.10. The Kier molecular flexibility index (Phi) is 5.31. The molecule has 0 aliphatic carbocycles. The first-order chi connectivity index (χ1) is 9.34. The van der Waals surface area contributed by atoms with Crippen molar-refractivity contribution in [3.63, 3.8) is 0 Å². The van der Waals surface area contributed by atoms with Gasteiger partial charge < -0.3 is 0 Å². The van der Waals surface area contributed by atoms with Crippen molar-refractivity contribution in [2.24, 2.45) is 0 Å². The molecule has 1 N–H and O–H groups in total. The van der Waals surface area contributed by atoms with Crippen LogP contribution in [0.25, 0.3) is 5.69 Å². The van der Waals surface area contributed by atoms with Crippen molar-refractivity contribution in [2.45, 2.75) is 6.42 Å². The third-order valence-corrected chi connectivity index (χ3v) is 3.24. The van der Waals surface area contributed by atoms with Gasteiger partial charge in [0.15, 0.2) is 4.77 Å². The molecule has 0 radical (unpaired) electrons. The number of rotatable bonds is 3. The van der Waals surface area contributed by atoms with Crippen LogP contribution in [-0.2, 0) is 6.42 Å². The van der Waals surface area contributed by atoms with Crippen LogP contribution in [0.3, 0.4) is 0 Å². The summed E-state index contributed by atoms with van der Waals surface area (Å²) >= 11 is 5.32. The molecule has 0 amide bonds. The van der Waals surface area contributed by atoms with Gasteiger partial charge in [-0.2, -0.15) is 5.10 Å². The molecule has 1 aromatic heterocycles. The summed E-state index contributed by atoms with van der Waals surface area (Å²) < 4.78 is 2.60. The van der Waals surface area contributed by atoms with Crippen LogP contribution in [0.1, 0.15) is 11.4 Å². The van der Waals surface area contributed by atoms with Gasteiger partial charge in [-0.05, 0) is 29.9 Å². The monoisotopic (exact) mass is 290 g/mol. The standard InChI is InChI=1S/C15H13N3S.Na/c19-15-17-16-14(11-12-7-3-1-4-8-12)18(15)13-9-5-2-6-10-13;/h1-10H,11H2,(H,17,19);/q;+1. The van der Waals surface area contributed by atoms with Gasteiger partial charge in [0.2, 0.25) is 0 Å². The van der Waals surface area contributed by atoms with Gasteiger partial charge in [-0.25, -0.2) is 0 Å². The van der Waals surface area contributed by atoms with E-state index >= 15 is 0 Å². The molecule has 0 aliphatic heterocycles. The number of hydrogen-bond donors (Lipinski definition) is 1. The molecule has 5 heteroatoms. The van der Waals surface area contributed by atoms with E-state index in [9.17, 15) is 0 Å². The van der Waals surface area contributed by atoms with Gasteiger partial charge in [-0.15, -0.1) is 0 Å². The zero-order valence-electron chi connectivity index (χ0n) is 11.3. The number of benzene rings is 2. The Hall–Kier alpha value is -1.20. The van der Waals surface area contributed by atoms with Crippen LogP contribution in [-0.4, -0.2) is 14.8 Å². The van der Waals surface area contributed by atoms with Crippen LogP contribution in [0.2, 0.25) is 0 Å². The summed E-state index contributed by atoms with van der Waals surface area (Å²) in [6.45, 7) is 0. The van der Waals surface area contributed by atoms with E-state index in [0.29, 0.717) is 4.77 Å². The molecule has 2 aromatic carbocycles. The fourth-order valence-electron chi connectivity index (χ4n) is 2.07. The van der Waals surface area contributed by atoms with Gasteiger partial charge in [-0.3, -0.25) is 9.67 Å². The van der Waals surface area contributed by atoms with Crippen molar-refractivity contribution < 1.29 is 29.6 Å². The molecular formula is C15H13N3NaS+. The molecule has 0 saturated heterocycles. The normalized spacial score (nSPS) is 10.0. The Morgan fingerprint density at radius 2 is 1.55 bits per heavy atom. The summed E-state index contributed by atoms with van der Waals surface area (Å²) in [5, 5.41) is 7.20. The number of nitrogens with zero attached hydrogens (tertiary/aromatic N) is 2. The van der Waals surface area contributed by atoms with Crippen molar-refractivity contribution in [1.29, 1.82) is 0 Å². The summed E-state index contributed by atoms with van der Waals surface area (Å²) in [5.41, 5.74) is 2.25. The molecule has 0 aliphatic rings. The molecule has 3 aromatic rings. The first kappa shape index (κ1) is 15.2. The second kappa shape index (κ2) is 6.99. The maximum absolute atomic E-state index is 5.32. The maximum Gasteiger partial charge on any atom is 1.00 e. The molecule has 0 fully saturated rings. The molecule has 3 rings (SSSR count). The van der Waals surface area contributed by atoms with Gasteiger partial charge in [0.1, 0.15) is 5.82 Å². The molecule has 0 saturated carbocycles. The van der Waals surface area contributed by atoms with E-state index in [0.717, 1.165) is 17.9 Å². The average molecular weight is 290 g/mol. The van der Waals surface area contributed by atoms with Crippen molar-refractivity contribution >= 4 is 12.2 Å². The summed E-state index contributed by atoms with van der Waals surface area (Å²) in [7, 11) is 0. The molecule has 0 bridgehead atoms. The van der Waals surface area contributed by atoms with Crippen LogP contribution in [0, 0.1) is 4.77 Å². The second-order valence-corrected chi connectivity index (χ2v) is 4.67. The molecule has 0 atom stereocenters. The molecular weight excluding hydrogens is 277 g/mol. The predicted octanol–water partition coefficient (Wildman–Crippen LogP) is 0.525. The van der Waals surface area contributed by atoms with Crippen LogP contribution < -0.4 is 29.6 Å². The van der Waals surface area contributed by atoms with E-state index in [1.807, 2.05) is 53.1 Å². The van der Waals surface area contributed by atoms with Crippen molar-refractivity contribution in [3.05, 3.63) is 76.8 Å². The molecule has 1 heterocycles. The SMILES string of the molecule is S=c1[nH]nc(Cc2ccccc2)n1-c1ccccc1.[Na+]. The number of para-hydroxylation sites is 1. The van der Waals surface area contributed by atoms with Crippen molar-refractivity contribution in [1.82, 2.24) is 14.8 Å². The molecule has 94 valence electrons. The minimum atomic E-state index is 0. The minimum absolute atomic E-state index is 0. The third kappa shape index (κ3) is 3.27. The maximum atomic E-state index is 5.32. The molecule has 0 unspecified atom stereocenters. The van der Waals surface area contributed by atoms with Gasteiger partial charge in [0, 0.05) is 12.1 Å². The van der Waals surface area contributed by atoms with E-state index in [2.05, 4.69) is 22.3 Å². The van der Waals surface area contributed by atoms with Gasteiger partial charge in [-0.1, -0.05) is 48.5 Å². The number of hydrogen-bond acceptors (Lipinski definition) is 2. The van der Waals surface area contributed by atoms with E-state index < -0.39 is 0 Å². The van der Waals surface area contributed by atoms with Crippen LogP contribution in [0.5, 0.6) is 0 Å². The Bertz CT molecular complexity index is 720. The van der Waals surface area contributed by atoms with E-state index in [1.54, 1.807) is 0 Å². The Morgan fingerprint density at radius 1 is 0.950 bits per heavy atom. The topological polar surface area (TPSA) is 33.6 Å². The zero-order valence-corrected chi connectivity index (χ0v) is 14.1. The smallest absolute Gasteiger partial charge is 0.272 e. The molecule has 20 heavy (non-hydrogen) atoms. The van der Waals surface area contributed by atoms with Gasteiger partial charge in [0.05, 0.1) is 0 Å². The number of nitrogens with one attached hydrogen (secondary N) is 1. The largest absolute Gasteiger partial charge is 1.00 e. The molecule has 0 spiro atoms. The average Bonchev–Trinajstić information content (AvgIpc) is 2.82. The predicted molar refractivity (Wildman–Crippen MR) is 78.0 cm³/mol. The summed E-state index contributed by atoms with van der Waals surface area (Å²) in [6, 6.07) is 20.3. The number of H-pyrrole nitrogens is 1. The number of aromatic amines is 1. The number of aromatic nitrogens is 3. The van der Waals surface area contributed by atoms with Crippen LogP contribution in [0.4, 0.5) is 0 Å². The summed E-state index contributed by atoms with van der Waals surface area (Å²) in [6.07, 6.45) is 0.753. The van der Waals surface area contributed by atoms with Crippen molar-refractivity contribution in [3.8, 4) is 5.69 Å². The molecule has 3 nitrogen and oxygen atoms in total. The van der Waals surface area contributed by atoms with Crippen molar-refractivity contribution in [2.75, 3.05) is 0 Å². The van der Waals surface area contributed by atoms with E-state index in [-0.39, 0.29) is 29.6 Å². The van der Waals surface area contributed by atoms with Crippen LogP contribution in [0.15, 0.2) is 60.7 Å².